The van der Waals surface area contributed by atoms with Gasteiger partial charge >= 0.3 is 0 Å². The molecule has 0 spiro atoms. The Kier molecular flexibility index (Phi) is 6.13. The van der Waals surface area contributed by atoms with Gasteiger partial charge in [-0.3, -0.25) is 9.78 Å². The average Bonchev–Trinajstić information content (AvgIpc) is 2.73. The van der Waals surface area contributed by atoms with E-state index in [0.29, 0.717) is 35.9 Å². The van der Waals surface area contributed by atoms with Gasteiger partial charge in [0.15, 0.2) is 11.5 Å². The lowest BCUT2D eigenvalue weighted by Gasteiger charge is -2.32. The zero-order valence-corrected chi connectivity index (χ0v) is 16.0. The van der Waals surface area contributed by atoms with Crippen LogP contribution in [0.1, 0.15) is 16.1 Å². The highest BCUT2D eigenvalue weighted by atomic mass is 16.5. The number of rotatable bonds is 6. The van der Waals surface area contributed by atoms with Gasteiger partial charge in [-0.25, -0.2) is 0 Å². The molecule has 1 amide bonds. The Morgan fingerprint density at radius 1 is 1.07 bits per heavy atom. The van der Waals surface area contributed by atoms with Crippen molar-refractivity contribution in [3.05, 3.63) is 47.8 Å². The molecule has 7 heteroatoms. The second-order valence-electron chi connectivity index (χ2n) is 6.45. The molecular formula is C20H26N3O4+. The molecule has 1 saturated heterocycles. The normalized spacial score (nSPS) is 14.7. The quantitative estimate of drug-likeness (QED) is 0.807. The Morgan fingerprint density at radius 2 is 1.74 bits per heavy atom. The molecular weight excluding hydrogens is 346 g/mol. The molecule has 1 aromatic heterocycles. The van der Waals surface area contributed by atoms with Crippen molar-refractivity contribution < 1.29 is 23.9 Å². The number of nitrogens with one attached hydrogen (secondary N) is 1. The smallest absolute Gasteiger partial charge is 0.254 e. The molecule has 0 atom stereocenters. The Labute approximate surface area is 159 Å². The van der Waals surface area contributed by atoms with Crippen molar-refractivity contribution in [1.29, 1.82) is 0 Å². The average molecular weight is 372 g/mol. The third-order valence-electron chi connectivity index (χ3n) is 4.83. The van der Waals surface area contributed by atoms with Crippen molar-refractivity contribution in [2.45, 2.75) is 6.54 Å². The third kappa shape index (κ3) is 4.31. The number of ether oxygens (including phenoxy) is 3. The van der Waals surface area contributed by atoms with Crippen LogP contribution in [-0.4, -0.2) is 63.3 Å². The summed E-state index contributed by atoms with van der Waals surface area (Å²) in [6.45, 7) is 4.09. The zero-order valence-electron chi connectivity index (χ0n) is 16.0. The summed E-state index contributed by atoms with van der Waals surface area (Å²) >= 11 is 0. The zero-order chi connectivity index (χ0) is 19.2. The molecule has 7 nitrogen and oxygen atoms in total. The predicted molar refractivity (Wildman–Crippen MR) is 101 cm³/mol. The fraction of sp³-hybridized carbons (Fsp3) is 0.400. The van der Waals surface area contributed by atoms with E-state index in [1.165, 1.54) is 4.90 Å². The summed E-state index contributed by atoms with van der Waals surface area (Å²) in [6.07, 6.45) is 1.82. The number of pyridine rings is 1. The first-order valence-electron chi connectivity index (χ1n) is 8.99. The summed E-state index contributed by atoms with van der Waals surface area (Å²) < 4.78 is 16.0. The van der Waals surface area contributed by atoms with Crippen molar-refractivity contribution in [1.82, 2.24) is 9.88 Å². The minimum absolute atomic E-state index is 0.0221. The van der Waals surface area contributed by atoms with Crippen LogP contribution >= 0.6 is 0 Å². The Balaban J connectivity index is 1.67. The molecule has 27 heavy (non-hydrogen) atoms. The van der Waals surface area contributed by atoms with Crippen LogP contribution in [0.15, 0.2) is 36.5 Å². The fourth-order valence-electron chi connectivity index (χ4n) is 3.35. The first-order chi connectivity index (χ1) is 13.2. The van der Waals surface area contributed by atoms with Crippen LogP contribution < -0.4 is 19.1 Å². The van der Waals surface area contributed by atoms with Crippen molar-refractivity contribution >= 4 is 5.91 Å². The van der Waals surface area contributed by atoms with E-state index < -0.39 is 0 Å². The lowest BCUT2D eigenvalue weighted by atomic mass is 10.1. The monoisotopic (exact) mass is 372 g/mol. The Bertz CT molecular complexity index is 749. The fourth-order valence-corrected chi connectivity index (χ4v) is 3.35. The molecule has 1 aliphatic heterocycles. The number of nitrogens with zero attached hydrogens (tertiary/aromatic N) is 2. The molecule has 0 aliphatic carbocycles. The largest absolute Gasteiger partial charge is 0.493 e. The molecule has 2 heterocycles. The van der Waals surface area contributed by atoms with Crippen LogP contribution in [0.5, 0.6) is 17.2 Å². The number of hydrogen-bond donors (Lipinski definition) is 1. The SMILES string of the molecule is COc1cc(C(=O)N2CC[NH+](Cc3ccccn3)CC2)cc(OC)c1OC. The summed E-state index contributed by atoms with van der Waals surface area (Å²) in [6, 6.07) is 9.38. The van der Waals surface area contributed by atoms with Crippen molar-refractivity contribution in [2.75, 3.05) is 47.5 Å². The van der Waals surface area contributed by atoms with Crippen LogP contribution in [0, 0.1) is 0 Å². The van der Waals surface area contributed by atoms with E-state index in [2.05, 4.69) is 4.98 Å². The van der Waals surface area contributed by atoms with Gasteiger partial charge < -0.3 is 24.0 Å². The second kappa shape index (κ2) is 8.73. The molecule has 1 aliphatic rings. The molecule has 3 rings (SSSR count). The highest BCUT2D eigenvalue weighted by molar-refractivity contribution is 5.95. The van der Waals surface area contributed by atoms with E-state index in [1.807, 2.05) is 29.3 Å². The van der Waals surface area contributed by atoms with Gasteiger partial charge in [-0.05, 0) is 24.3 Å². The predicted octanol–water partition coefficient (Wildman–Crippen LogP) is 0.648. The van der Waals surface area contributed by atoms with Gasteiger partial charge in [-0.2, -0.15) is 0 Å². The number of amides is 1. The van der Waals surface area contributed by atoms with Crippen molar-refractivity contribution in [2.24, 2.45) is 0 Å². The van der Waals surface area contributed by atoms with Gasteiger partial charge in [-0.1, -0.05) is 6.07 Å². The third-order valence-corrected chi connectivity index (χ3v) is 4.83. The lowest BCUT2D eigenvalue weighted by Crippen LogP contribution is -3.13. The van der Waals surface area contributed by atoms with Crippen LogP contribution in [-0.2, 0) is 6.54 Å². The van der Waals surface area contributed by atoms with Gasteiger partial charge in [0.1, 0.15) is 6.54 Å². The van der Waals surface area contributed by atoms with Gasteiger partial charge in [0.05, 0.1) is 53.2 Å². The van der Waals surface area contributed by atoms with Crippen molar-refractivity contribution in [3.8, 4) is 17.2 Å². The summed E-state index contributed by atoms with van der Waals surface area (Å²) in [5.74, 6) is 1.44. The van der Waals surface area contributed by atoms with Crippen molar-refractivity contribution in [3.63, 3.8) is 0 Å². The Morgan fingerprint density at radius 3 is 2.26 bits per heavy atom. The maximum atomic E-state index is 13.0. The molecule has 0 bridgehead atoms. The van der Waals surface area contributed by atoms with Crippen LogP contribution in [0.25, 0.3) is 0 Å². The number of hydrogen-bond acceptors (Lipinski definition) is 5. The van der Waals surface area contributed by atoms with Gasteiger partial charge in [0, 0.05) is 11.8 Å². The number of aromatic nitrogens is 1. The maximum absolute atomic E-state index is 13.0. The maximum Gasteiger partial charge on any atom is 0.254 e. The van der Waals surface area contributed by atoms with Crippen LogP contribution in [0.3, 0.4) is 0 Å². The molecule has 0 saturated carbocycles. The van der Waals surface area contributed by atoms with Crippen LogP contribution in [0.2, 0.25) is 0 Å². The first-order valence-corrected chi connectivity index (χ1v) is 8.99. The molecule has 144 valence electrons. The summed E-state index contributed by atoms with van der Waals surface area (Å²) in [5, 5.41) is 0. The van der Waals surface area contributed by atoms with Gasteiger partial charge in [0.25, 0.3) is 5.91 Å². The minimum Gasteiger partial charge on any atom is -0.493 e. The molecule has 2 aromatic rings. The van der Waals surface area contributed by atoms with Gasteiger partial charge in [-0.15, -0.1) is 0 Å². The minimum atomic E-state index is -0.0221. The number of carbonyl (C=O) groups is 1. The molecule has 1 fully saturated rings. The Hall–Kier alpha value is -2.80. The molecule has 1 N–H and O–H groups in total. The summed E-state index contributed by atoms with van der Waals surface area (Å²) in [4.78, 5) is 20.7. The molecule has 0 unspecified atom stereocenters. The van der Waals surface area contributed by atoms with E-state index >= 15 is 0 Å². The van der Waals surface area contributed by atoms with E-state index in [-0.39, 0.29) is 5.91 Å². The molecule has 0 radical (unpaired) electrons. The summed E-state index contributed by atoms with van der Waals surface area (Å²) in [5.41, 5.74) is 1.62. The molecule has 1 aromatic carbocycles. The highest BCUT2D eigenvalue weighted by Crippen LogP contribution is 2.38. The highest BCUT2D eigenvalue weighted by Gasteiger charge is 2.26. The van der Waals surface area contributed by atoms with Crippen LogP contribution in [0.4, 0.5) is 0 Å². The first kappa shape index (κ1) is 19.0. The van der Waals surface area contributed by atoms with E-state index in [0.717, 1.165) is 25.3 Å². The lowest BCUT2D eigenvalue weighted by molar-refractivity contribution is -0.917. The van der Waals surface area contributed by atoms with E-state index in [4.69, 9.17) is 14.2 Å². The van der Waals surface area contributed by atoms with E-state index in [1.54, 1.807) is 33.5 Å². The van der Waals surface area contributed by atoms with E-state index in [9.17, 15) is 4.79 Å². The number of methoxy groups -OCH3 is 3. The number of carbonyl (C=O) groups excluding carboxylic acids is 1. The van der Waals surface area contributed by atoms with Gasteiger partial charge in [0.2, 0.25) is 5.75 Å². The second-order valence-corrected chi connectivity index (χ2v) is 6.45. The standard InChI is InChI=1S/C20H25N3O4/c1-25-17-12-15(13-18(26-2)19(17)27-3)20(24)23-10-8-22(9-11-23)14-16-6-4-5-7-21-16/h4-7,12-13H,8-11,14H2,1-3H3/p+1. The number of piperazine rings is 1. The summed E-state index contributed by atoms with van der Waals surface area (Å²) in [7, 11) is 4.64. The number of quaternary nitrogens is 1. The topological polar surface area (TPSA) is 65.3 Å². The number of benzene rings is 1.